The van der Waals surface area contributed by atoms with Crippen molar-refractivity contribution in [1.29, 1.82) is 0 Å². The van der Waals surface area contributed by atoms with E-state index in [2.05, 4.69) is 14.8 Å². The summed E-state index contributed by atoms with van der Waals surface area (Å²) in [6.07, 6.45) is 11.1. The molecule has 1 aliphatic carbocycles. The predicted octanol–water partition coefficient (Wildman–Crippen LogP) is 1.66. The number of piperidine rings is 1. The molecule has 3 heterocycles. The van der Waals surface area contributed by atoms with E-state index in [0.29, 0.717) is 11.9 Å². The molecule has 3 aliphatic rings. The van der Waals surface area contributed by atoms with Crippen LogP contribution in [0.4, 0.5) is 5.82 Å². The smallest absolute Gasteiger partial charge is 0.293 e. The molecule has 1 saturated carbocycles. The Kier molecular flexibility index (Phi) is 4.85. The minimum Gasteiger partial charge on any atom is -0.375 e. The van der Waals surface area contributed by atoms with Gasteiger partial charge in [0, 0.05) is 38.1 Å². The highest BCUT2D eigenvalue weighted by molar-refractivity contribution is 5.37. The number of hydrogen-bond acceptors (Lipinski definition) is 5. The van der Waals surface area contributed by atoms with Gasteiger partial charge in [-0.05, 0) is 45.2 Å². The topological polar surface area (TPSA) is 50.6 Å². The normalized spacial score (nSPS) is 25.3. The first kappa shape index (κ1) is 16.1. The number of likely N-dealkylation sites (tertiary alicyclic amines) is 1. The molecule has 4 rings (SSSR count). The Hall–Kier alpha value is -1.40. The lowest BCUT2D eigenvalue weighted by atomic mass is 10.1. The zero-order chi connectivity index (χ0) is 16.4. The van der Waals surface area contributed by atoms with Gasteiger partial charge in [0.25, 0.3) is 5.56 Å². The largest absolute Gasteiger partial charge is 0.375 e. The Balaban J connectivity index is 1.28. The van der Waals surface area contributed by atoms with Crippen molar-refractivity contribution in [3.05, 3.63) is 22.7 Å². The number of anilines is 1. The zero-order valence-electron chi connectivity index (χ0n) is 14.4. The number of aromatic nitrogens is 2. The molecule has 0 unspecified atom stereocenters. The van der Waals surface area contributed by atoms with E-state index in [1.165, 1.54) is 32.4 Å². The monoisotopic (exact) mass is 332 g/mol. The van der Waals surface area contributed by atoms with E-state index in [1.54, 1.807) is 6.20 Å². The van der Waals surface area contributed by atoms with Gasteiger partial charge in [0.15, 0.2) is 5.82 Å². The summed E-state index contributed by atoms with van der Waals surface area (Å²) in [4.78, 5) is 21.5. The van der Waals surface area contributed by atoms with E-state index >= 15 is 0 Å². The molecule has 3 fully saturated rings. The maximum atomic E-state index is 12.6. The van der Waals surface area contributed by atoms with Crippen molar-refractivity contribution in [2.75, 3.05) is 44.2 Å². The molecule has 6 nitrogen and oxygen atoms in total. The lowest BCUT2D eigenvalue weighted by Gasteiger charge is -2.26. The highest BCUT2D eigenvalue weighted by Crippen LogP contribution is 2.33. The molecule has 0 bridgehead atoms. The molecule has 0 aromatic carbocycles. The van der Waals surface area contributed by atoms with Gasteiger partial charge in [-0.1, -0.05) is 6.42 Å². The molecule has 24 heavy (non-hydrogen) atoms. The summed E-state index contributed by atoms with van der Waals surface area (Å²) in [5.74, 6) is 0.603. The van der Waals surface area contributed by atoms with Crippen LogP contribution in [0, 0.1) is 0 Å². The van der Waals surface area contributed by atoms with E-state index in [4.69, 9.17) is 4.74 Å². The Morgan fingerprint density at radius 1 is 1.12 bits per heavy atom. The van der Waals surface area contributed by atoms with E-state index in [1.807, 2.05) is 10.8 Å². The summed E-state index contributed by atoms with van der Waals surface area (Å²) in [5, 5.41) is 0. The van der Waals surface area contributed by atoms with Crippen LogP contribution in [0.5, 0.6) is 0 Å². The first-order valence-corrected chi connectivity index (χ1v) is 9.47. The standard InChI is InChI=1S/C18H28N4O2/c23-18-17(19-7-11-22(18)15-4-5-15)21-10-6-16(14-21)24-13-12-20-8-2-1-3-9-20/h7,11,15-16H,1-6,8-10,12-14H2/t16-/m0/s1. The van der Waals surface area contributed by atoms with Crippen LogP contribution in [0.3, 0.4) is 0 Å². The minimum absolute atomic E-state index is 0.0639. The average Bonchev–Trinajstić information content (AvgIpc) is 3.35. The SMILES string of the molecule is O=c1c(N2CC[C@H](OCCN3CCCCC3)C2)nccn1C1CC1. The third-order valence-corrected chi connectivity index (χ3v) is 5.44. The highest BCUT2D eigenvalue weighted by atomic mass is 16.5. The predicted molar refractivity (Wildman–Crippen MR) is 93.6 cm³/mol. The highest BCUT2D eigenvalue weighted by Gasteiger charge is 2.29. The summed E-state index contributed by atoms with van der Waals surface area (Å²) in [6, 6.07) is 0.401. The Labute approximate surface area is 143 Å². The summed E-state index contributed by atoms with van der Waals surface area (Å²) >= 11 is 0. The third-order valence-electron chi connectivity index (χ3n) is 5.44. The van der Waals surface area contributed by atoms with Gasteiger partial charge in [0.05, 0.1) is 12.7 Å². The molecule has 132 valence electrons. The van der Waals surface area contributed by atoms with Gasteiger partial charge in [-0.3, -0.25) is 4.79 Å². The first-order chi connectivity index (χ1) is 11.8. The van der Waals surface area contributed by atoms with Crippen LogP contribution in [0.1, 0.15) is 44.6 Å². The molecule has 0 N–H and O–H groups in total. The van der Waals surface area contributed by atoms with Crippen LogP contribution in [0.25, 0.3) is 0 Å². The second kappa shape index (κ2) is 7.23. The van der Waals surface area contributed by atoms with Crippen LogP contribution in [0.2, 0.25) is 0 Å². The fraction of sp³-hybridized carbons (Fsp3) is 0.778. The third kappa shape index (κ3) is 3.64. The van der Waals surface area contributed by atoms with Crippen molar-refractivity contribution >= 4 is 5.82 Å². The summed E-state index contributed by atoms with van der Waals surface area (Å²) < 4.78 is 7.92. The molecule has 1 aromatic rings. The zero-order valence-corrected chi connectivity index (χ0v) is 14.4. The maximum absolute atomic E-state index is 12.6. The minimum atomic E-state index is 0.0639. The van der Waals surface area contributed by atoms with Gasteiger partial charge in [0.2, 0.25) is 0 Å². The molecule has 0 spiro atoms. The Bertz CT molecular complexity index is 607. The molecule has 1 aromatic heterocycles. The van der Waals surface area contributed by atoms with Crippen molar-refractivity contribution in [1.82, 2.24) is 14.5 Å². The number of rotatable bonds is 6. The number of nitrogens with zero attached hydrogens (tertiary/aromatic N) is 4. The van der Waals surface area contributed by atoms with Gasteiger partial charge in [-0.15, -0.1) is 0 Å². The summed E-state index contributed by atoms with van der Waals surface area (Å²) in [6.45, 7) is 5.92. The lowest BCUT2D eigenvalue weighted by molar-refractivity contribution is 0.0467. The molecule has 0 amide bonds. The fourth-order valence-electron chi connectivity index (χ4n) is 3.86. The van der Waals surface area contributed by atoms with Gasteiger partial charge >= 0.3 is 0 Å². The van der Waals surface area contributed by atoms with Crippen LogP contribution >= 0.6 is 0 Å². The molecular formula is C18H28N4O2. The van der Waals surface area contributed by atoms with E-state index in [0.717, 1.165) is 45.5 Å². The van der Waals surface area contributed by atoms with Gasteiger partial charge < -0.3 is 19.1 Å². The van der Waals surface area contributed by atoms with Crippen LogP contribution in [0.15, 0.2) is 17.2 Å². The second-order valence-corrected chi connectivity index (χ2v) is 7.32. The molecule has 2 aliphatic heterocycles. The van der Waals surface area contributed by atoms with E-state index in [9.17, 15) is 4.79 Å². The van der Waals surface area contributed by atoms with E-state index in [-0.39, 0.29) is 11.7 Å². The van der Waals surface area contributed by atoms with Crippen LogP contribution in [-0.2, 0) is 4.74 Å². The Morgan fingerprint density at radius 3 is 2.75 bits per heavy atom. The lowest BCUT2D eigenvalue weighted by Crippen LogP contribution is -2.35. The molecular weight excluding hydrogens is 304 g/mol. The fourth-order valence-corrected chi connectivity index (χ4v) is 3.86. The second-order valence-electron chi connectivity index (χ2n) is 7.32. The number of ether oxygens (including phenoxy) is 1. The molecule has 0 radical (unpaired) electrons. The van der Waals surface area contributed by atoms with Gasteiger partial charge in [-0.2, -0.15) is 0 Å². The molecule has 1 atom stereocenters. The average molecular weight is 332 g/mol. The van der Waals surface area contributed by atoms with Crippen LogP contribution in [-0.4, -0.2) is 59.9 Å². The Morgan fingerprint density at radius 2 is 1.96 bits per heavy atom. The number of hydrogen-bond donors (Lipinski definition) is 0. The first-order valence-electron chi connectivity index (χ1n) is 9.47. The van der Waals surface area contributed by atoms with Gasteiger partial charge in [0.1, 0.15) is 0 Å². The van der Waals surface area contributed by atoms with E-state index < -0.39 is 0 Å². The quantitative estimate of drug-likeness (QED) is 0.793. The maximum Gasteiger partial charge on any atom is 0.293 e. The molecule has 6 heteroatoms. The van der Waals surface area contributed by atoms with Crippen molar-refractivity contribution in [3.63, 3.8) is 0 Å². The van der Waals surface area contributed by atoms with Crippen molar-refractivity contribution in [3.8, 4) is 0 Å². The van der Waals surface area contributed by atoms with Crippen molar-refractivity contribution in [2.24, 2.45) is 0 Å². The van der Waals surface area contributed by atoms with Crippen molar-refractivity contribution in [2.45, 2.75) is 50.7 Å². The van der Waals surface area contributed by atoms with Crippen LogP contribution < -0.4 is 10.5 Å². The summed E-state index contributed by atoms with van der Waals surface area (Å²) in [5.41, 5.74) is 0.0639. The van der Waals surface area contributed by atoms with Crippen molar-refractivity contribution < 1.29 is 4.74 Å². The van der Waals surface area contributed by atoms with Gasteiger partial charge in [-0.25, -0.2) is 4.98 Å². The molecule has 2 saturated heterocycles. The summed E-state index contributed by atoms with van der Waals surface area (Å²) in [7, 11) is 0.